The van der Waals surface area contributed by atoms with Crippen molar-refractivity contribution in [2.24, 2.45) is 5.92 Å². The summed E-state index contributed by atoms with van der Waals surface area (Å²) >= 11 is 0. The number of benzene rings is 1. The zero-order valence-corrected chi connectivity index (χ0v) is 13.5. The molecule has 1 amide bonds. The molecule has 1 heterocycles. The minimum atomic E-state index is -0.498. The van der Waals surface area contributed by atoms with Crippen molar-refractivity contribution in [3.8, 4) is 0 Å². The van der Waals surface area contributed by atoms with Crippen LogP contribution in [-0.4, -0.2) is 41.9 Å². The van der Waals surface area contributed by atoms with Gasteiger partial charge in [-0.15, -0.1) is 0 Å². The Morgan fingerprint density at radius 2 is 1.96 bits per heavy atom. The Labute approximate surface area is 135 Å². The van der Waals surface area contributed by atoms with Crippen molar-refractivity contribution in [2.75, 3.05) is 31.1 Å². The molecular formula is C16H22FN3O3. The first kappa shape index (κ1) is 17.2. The van der Waals surface area contributed by atoms with Gasteiger partial charge in [-0.25, -0.2) is 4.39 Å². The van der Waals surface area contributed by atoms with Gasteiger partial charge in [-0.3, -0.25) is 14.9 Å². The van der Waals surface area contributed by atoms with Crippen molar-refractivity contribution in [2.45, 2.75) is 26.7 Å². The van der Waals surface area contributed by atoms with E-state index in [-0.39, 0.29) is 17.5 Å². The summed E-state index contributed by atoms with van der Waals surface area (Å²) in [7, 11) is 0. The standard InChI is InChI=1S/C16H22FN3O3/c1-3-18(4-2)16(21)12-7-9-19(10-8-12)15-11-13(17)5-6-14(15)20(22)23/h5-6,11-12H,3-4,7-10H2,1-2H3. The van der Waals surface area contributed by atoms with Crippen LogP contribution in [0, 0.1) is 21.8 Å². The summed E-state index contributed by atoms with van der Waals surface area (Å²) in [5.74, 6) is -0.408. The fourth-order valence-corrected chi connectivity index (χ4v) is 3.07. The number of amides is 1. The monoisotopic (exact) mass is 323 g/mol. The number of nitro benzene ring substituents is 1. The Bertz CT molecular complexity index is 582. The van der Waals surface area contributed by atoms with Gasteiger partial charge in [0.15, 0.2) is 0 Å². The second-order valence-corrected chi connectivity index (χ2v) is 5.66. The van der Waals surface area contributed by atoms with Gasteiger partial charge in [-0.2, -0.15) is 0 Å². The highest BCUT2D eigenvalue weighted by Crippen LogP contribution is 2.32. The predicted molar refractivity (Wildman–Crippen MR) is 85.9 cm³/mol. The van der Waals surface area contributed by atoms with E-state index in [2.05, 4.69) is 0 Å². The van der Waals surface area contributed by atoms with Crippen molar-refractivity contribution in [1.29, 1.82) is 0 Å². The van der Waals surface area contributed by atoms with Gasteiger partial charge in [0.25, 0.3) is 5.69 Å². The van der Waals surface area contributed by atoms with Crippen LogP contribution in [0.5, 0.6) is 0 Å². The van der Waals surface area contributed by atoms with Gasteiger partial charge < -0.3 is 9.80 Å². The van der Waals surface area contributed by atoms with Gasteiger partial charge in [0.2, 0.25) is 5.91 Å². The van der Waals surface area contributed by atoms with E-state index in [1.165, 1.54) is 12.1 Å². The van der Waals surface area contributed by atoms with E-state index < -0.39 is 10.7 Å². The molecule has 0 atom stereocenters. The van der Waals surface area contributed by atoms with Gasteiger partial charge in [0, 0.05) is 44.2 Å². The fourth-order valence-electron chi connectivity index (χ4n) is 3.07. The summed E-state index contributed by atoms with van der Waals surface area (Å²) in [5, 5.41) is 11.1. The van der Waals surface area contributed by atoms with Crippen LogP contribution in [0.15, 0.2) is 18.2 Å². The van der Waals surface area contributed by atoms with Crippen molar-refractivity contribution >= 4 is 17.3 Å². The summed E-state index contributed by atoms with van der Waals surface area (Å²) in [4.78, 5) is 26.6. The number of carbonyl (C=O) groups is 1. The van der Waals surface area contributed by atoms with Crippen LogP contribution < -0.4 is 4.90 Å². The molecule has 0 bridgehead atoms. The minimum Gasteiger partial charge on any atom is -0.366 e. The molecule has 0 aliphatic carbocycles. The maximum absolute atomic E-state index is 13.5. The summed E-state index contributed by atoms with van der Waals surface area (Å²) in [5.41, 5.74) is 0.198. The Kier molecular flexibility index (Phi) is 5.52. The SMILES string of the molecule is CCN(CC)C(=O)C1CCN(c2cc(F)ccc2[N+](=O)[O-])CC1. The van der Waals surface area contributed by atoms with E-state index in [4.69, 9.17) is 0 Å². The zero-order chi connectivity index (χ0) is 17.0. The maximum atomic E-state index is 13.5. The van der Waals surface area contributed by atoms with E-state index in [0.29, 0.717) is 44.7 Å². The Morgan fingerprint density at radius 1 is 1.35 bits per heavy atom. The van der Waals surface area contributed by atoms with E-state index in [1.54, 1.807) is 4.90 Å². The van der Waals surface area contributed by atoms with Gasteiger partial charge in [-0.05, 0) is 32.8 Å². The number of nitro groups is 1. The number of hydrogen-bond donors (Lipinski definition) is 0. The lowest BCUT2D eigenvalue weighted by Crippen LogP contribution is -2.42. The van der Waals surface area contributed by atoms with E-state index in [1.807, 2.05) is 18.7 Å². The summed E-state index contributed by atoms with van der Waals surface area (Å²) in [6.07, 6.45) is 1.26. The molecule has 1 saturated heterocycles. The van der Waals surface area contributed by atoms with Crippen LogP contribution in [0.2, 0.25) is 0 Å². The lowest BCUT2D eigenvalue weighted by atomic mass is 9.94. The number of anilines is 1. The van der Waals surface area contributed by atoms with Crippen molar-refractivity contribution in [3.63, 3.8) is 0 Å². The first-order valence-corrected chi connectivity index (χ1v) is 7.95. The van der Waals surface area contributed by atoms with Crippen LogP contribution >= 0.6 is 0 Å². The molecule has 23 heavy (non-hydrogen) atoms. The topological polar surface area (TPSA) is 66.7 Å². The number of piperidine rings is 1. The minimum absolute atomic E-state index is 0.0567. The smallest absolute Gasteiger partial charge is 0.292 e. The molecule has 7 heteroatoms. The van der Waals surface area contributed by atoms with Crippen molar-refractivity contribution in [3.05, 3.63) is 34.1 Å². The molecular weight excluding hydrogens is 301 g/mol. The first-order valence-electron chi connectivity index (χ1n) is 7.95. The lowest BCUT2D eigenvalue weighted by Gasteiger charge is -2.34. The summed E-state index contributed by atoms with van der Waals surface area (Å²) in [6.45, 7) is 6.30. The second-order valence-electron chi connectivity index (χ2n) is 5.66. The van der Waals surface area contributed by atoms with Crippen molar-refractivity contribution < 1.29 is 14.1 Å². The first-order chi connectivity index (χ1) is 11.0. The highest BCUT2D eigenvalue weighted by Gasteiger charge is 2.30. The average molecular weight is 323 g/mol. The third-order valence-corrected chi connectivity index (χ3v) is 4.39. The Balaban J connectivity index is 2.09. The Morgan fingerprint density at radius 3 is 2.48 bits per heavy atom. The fraction of sp³-hybridized carbons (Fsp3) is 0.562. The van der Waals surface area contributed by atoms with E-state index in [9.17, 15) is 19.3 Å². The highest BCUT2D eigenvalue weighted by atomic mass is 19.1. The molecule has 0 radical (unpaired) electrons. The molecule has 0 unspecified atom stereocenters. The van der Waals surface area contributed by atoms with Crippen LogP contribution in [0.4, 0.5) is 15.8 Å². The number of carbonyl (C=O) groups excluding carboxylic acids is 1. The van der Waals surface area contributed by atoms with Crippen LogP contribution in [0.1, 0.15) is 26.7 Å². The highest BCUT2D eigenvalue weighted by molar-refractivity contribution is 5.79. The van der Waals surface area contributed by atoms with Crippen LogP contribution in [-0.2, 0) is 4.79 Å². The predicted octanol–water partition coefficient (Wildman–Crippen LogP) is 2.82. The molecule has 6 nitrogen and oxygen atoms in total. The average Bonchev–Trinajstić information content (AvgIpc) is 2.55. The molecule has 0 N–H and O–H groups in total. The molecule has 1 aliphatic heterocycles. The number of nitrogens with zero attached hydrogens (tertiary/aromatic N) is 3. The number of halogens is 1. The second kappa shape index (κ2) is 7.39. The van der Waals surface area contributed by atoms with Gasteiger partial charge in [0.1, 0.15) is 11.5 Å². The maximum Gasteiger partial charge on any atom is 0.292 e. The molecule has 0 saturated carbocycles. The molecule has 2 rings (SSSR count). The summed E-state index contributed by atoms with van der Waals surface area (Å²) in [6, 6.07) is 3.49. The van der Waals surface area contributed by atoms with Crippen LogP contribution in [0.25, 0.3) is 0 Å². The van der Waals surface area contributed by atoms with Gasteiger partial charge in [-0.1, -0.05) is 0 Å². The quantitative estimate of drug-likeness (QED) is 0.617. The molecule has 126 valence electrons. The number of rotatable bonds is 5. The van der Waals surface area contributed by atoms with E-state index in [0.717, 1.165) is 6.07 Å². The molecule has 1 aromatic rings. The van der Waals surface area contributed by atoms with Crippen molar-refractivity contribution in [1.82, 2.24) is 4.90 Å². The van der Waals surface area contributed by atoms with Gasteiger partial charge in [0.05, 0.1) is 4.92 Å². The molecule has 0 aromatic heterocycles. The lowest BCUT2D eigenvalue weighted by molar-refractivity contribution is -0.384. The molecule has 1 fully saturated rings. The third kappa shape index (κ3) is 3.78. The Hall–Kier alpha value is -2.18. The third-order valence-electron chi connectivity index (χ3n) is 4.39. The number of hydrogen-bond acceptors (Lipinski definition) is 4. The van der Waals surface area contributed by atoms with E-state index >= 15 is 0 Å². The molecule has 1 aliphatic rings. The van der Waals surface area contributed by atoms with Gasteiger partial charge >= 0.3 is 0 Å². The van der Waals surface area contributed by atoms with Crippen LogP contribution in [0.3, 0.4) is 0 Å². The molecule has 1 aromatic carbocycles. The molecule has 0 spiro atoms. The normalized spacial score (nSPS) is 15.5. The largest absolute Gasteiger partial charge is 0.366 e. The summed E-state index contributed by atoms with van der Waals surface area (Å²) < 4.78 is 13.5. The zero-order valence-electron chi connectivity index (χ0n) is 13.5.